The second kappa shape index (κ2) is 3.00. The lowest BCUT2D eigenvalue weighted by Gasteiger charge is -1.99. The number of hydrogen-bond donors (Lipinski definition) is 1. The van der Waals surface area contributed by atoms with Crippen LogP contribution in [0.1, 0.15) is 35.8 Å². The Labute approximate surface area is 68.8 Å². The molecule has 0 aromatic carbocycles. The molecule has 0 radical (unpaired) electrons. The first-order chi connectivity index (χ1) is 5.13. The average Bonchev–Trinajstić information content (AvgIpc) is 2.32. The Kier molecular flexibility index (Phi) is 2.24. The van der Waals surface area contributed by atoms with E-state index in [0.29, 0.717) is 11.3 Å². The summed E-state index contributed by atoms with van der Waals surface area (Å²) in [4.78, 5) is 10.6. The fourth-order valence-electron chi connectivity index (χ4n) is 0.822. The second-order valence-electron chi connectivity index (χ2n) is 2.57. The Morgan fingerprint density at radius 2 is 2.36 bits per heavy atom. The van der Waals surface area contributed by atoms with E-state index in [0.717, 1.165) is 0 Å². The van der Waals surface area contributed by atoms with Crippen molar-refractivity contribution in [2.24, 2.45) is 0 Å². The van der Waals surface area contributed by atoms with Crippen molar-refractivity contribution in [2.75, 3.05) is 0 Å². The number of hydrogen-bond acceptors (Lipinski definition) is 3. The number of aromatic carboxylic acids is 1. The lowest BCUT2D eigenvalue weighted by Crippen LogP contribution is -2.00. The summed E-state index contributed by atoms with van der Waals surface area (Å²) in [7, 11) is 0. The highest BCUT2D eigenvalue weighted by Gasteiger charge is 2.14. The van der Waals surface area contributed by atoms with Gasteiger partial charge in [-0.3, -0.25) is 0 Å². The minimum absolute atomic E-state index is 0.187. The maximum atomic E-state index is 10.6. The van der Waals surface area contributed by atoms with Gasteiger partial charge in [0.15, 0.2) is 0 Å². The van der Waals surface area contributed by atoms with E-state index in [1.165, 1.54) is 11.5 Å². The third kappa shape index (κ3) is 1.57. The Morgan fingerprint density at radius 3 is 2.73 bits per heavy atom. The highest BCUT2D eigenvalue weighted by molar-refractivity contribution is 7.03. The van der Waals surface area contributed by atoms with Crippen LogP contribution >= 0.6 is 11.5 Å². The SMILES string of the molecule is CC(C)c1nscc1C(=O)O. The molecule has 1 rings (SSSR count). The predicted molar refractivity (Wildman–Crippen MR) is 43.2 cm³/mol. The molecule has 60 valence electrons. The van der Waals surface area contributed by atoms with Gasteiger partial charge in [-0.15, -0.1) is 0 Å². The maximum absolute atomic E-state index is 10.6. The van der Waals surface area contributed by atoms with Crippen molar-refractivity contribution in [3.8, 4) is 0 Å². The Morgan fingerprint density at radius 1 is 1.73 bits per heavy atom. The molecule has 3 nitrogen and oxygen atoms in total. The van der Waals surface area contributed by atoms with Crippen LogP contribution in [0.15, 0.2) is 5.38 Å². The van der Waals surface area contributed by atoms with Crippen LogP contribution in [0.3, 0.4) is 0 Å². The quantitative estimate of drug-likeness (QED) is 0.740. The number of carboxylic acid groups (broad SMARTS) is 1. The maximum Gasteiger partial charge on any atom is 0.338 e. The molecule has 0 aliphatic heterocycles. The van der Waals surface area contributed by atoms with Crippen LogP contribution in [-0.4, -0.2) is 15.4 Å². The second-order valence-corrected chi connectivity index (χ2v) is 3.20. The summed E-state index contributed by atoms with van der Waals surface area (Å²) in [5.74, 6) is -0.699. The van der Waals surface area contributed by atoms with E-state index in [9.17, 15) is 4.79 Å². The van der Waals surface area contributed by atoms with E-state index in [2.05, 4.69) is 4.37 Å². The van der Waals surface area contributed by atoms with Crippen molar-refractivity contribution in [1.82, 2.24) is 4.37 Å². The summed E-state index contributed by atoms with van der Waals surface area (Å²) in [6, 6.07) is 0. The zero-order valence-corrected chi connectivity index (χ0v) is 7.18. The zero-order chi connectivity index (χ0) is 8.43. The van der Waals surface area contributed by atoms with Gasteiger partial charge < -0.3 is 5.11 Å². The van der Waals surface area contributed by atoms with Crippen molar-refractivity contribution < 1.29 is 9.90 Å². The van der Waals surface area contributed by atoms with Gasteiger partial charge >= 0.3 is 5.97 Å². The lowest BCUT2D eigenvalue weighted by molar-refractivity contribution is 0.0695. The number of nitrogens with zero attached hydrogens (tertiary/aromatic N) is 1. The van der Waals surface area contributed by atoms with Gasteiger partial charge in [0.25, 0.3) is 0 Å². The summed E-state index contributed by atoms with van der Waals surface area (Å²) < 4.78 is 4.00. The third-order valence-corrected chi connectivity index (χ3v) is 2.02. The van der Waals surface area contributed by atoms with Crippen LogP contribution in [0.4, 0.5) is 0 Å². The third-order valence-electron chi connectivity index (χ3n) is 1.37. The van der Waals surface area contributed by atoms with Gasteiger partial charge in [0.05, 0.1) is 11.3 Å². The minimum atomic E-state index is -0.887. The molecule has 0 aliphatic rings. The van der Waals surface area contributed by atoms with Crippen LogP contribution in [0.5, 0.6) is 0 Å². The van der Waals surface area contributed by atoms with E-state index in [1.54, 1.807) is 5.38 Å². The van der Waals surface area contributed by atoms with Gasteiger partial charge in [0, 0.05) is 5.38 Å². The van der Waals surface area contributed by atoms with Gasteiger partial charge in [0.1, 0.15) is 0 Å². The molecule has 0 saturated heterocycles. The van der Waals surface area contributed by atoms with E-state index >= 15 is 0 Å². The Bertz CT molecular complexity index is 267. The van der Waals surface area contributed by atoms with Crippen LogP contribution in [0, 0.1) is 0 Å². The zero-order valence-electron chi connectivity index (χ0n) is 6.37. The molecule has 4 heteroatoms. The van der Waals surface area contributed by atoms with Crippen molar-refractivity contribution in [2.45, 2.75) is 19.8 Å². The fourth-order valence-corrected chi connectivity index (χ4v) is 1.62. The van der Waals surface area contributed by atoms with Crippen molar-refractivity contribution >= 4 is 17.5 Å². The summed E-state index contributed by atoms with van der Waals surface area (Å²) >= 11 is 1.19. The summed E-state index contributed by atoms with van der Waals surface area (Å²) in [6.07, 6.45) is 0. The summed E-state index contributed by atoms with van der Waals surface area (Å²) in [6.45, 7) is 3.86. The average molecular weight is 171 g/mol. The largest absolute Gasteiger partial charge is 0.478 e. The number of aromatic nitrogens is 1. The number of carbonyl (C=O) groups is 1. The van der Waals surface area contributed by atoms with E-state index in [-0.39, 0.29) is 5.92 Å². The van der Waals surface area contributed by atoms with Crippen molar-refractivity contribution in [1.29, 1.82) is 0 Å². The Hall–Kier alpha value is -0.900. The summed E-state index contributed by atoms with van der Waals surface area (Å²) in [5, 5.41) is 10.2. The van der Waals surface area contributed by atoms with Gasteiger partial charge in [0.2, 0.25) is 0 Å². The molecular formula is C7H9NO2S. The first kappa shape index (κ1) is 8.20. The molecule has 0 atom stereocenters. The minimum Gasteiger partial charge on any atom is -0.478 e. The molecule has 0 spiro atoms. The molecule has 0 fully saturated rings. The smallest absolute Gasteiger partial charge is 0.338 e. The molecule has 0 saturated carbocycles. The molecule has 1 N–H and O–H groups in total. The van der Waals surface area contributed by atoms with E-state index in [1.807, 2.05) is 13.8 Å². The molecular weight excluding hydrogens is 162 g/mol. The predicted octanol–water partition coefficient (Wildman–Crippen LogP) is 1.96. The molecule has 0 unspecified atom stereocenters. The van der Waals surface area contributed by atoms with Gasteiger partial charge in [-0.2, -0.15) is 4.37 Å². The van der Waals surface area contributed by atoms with E-state index in [4.69, 9.17) is 5.11 Å². The molecule has 11 heavy (non-hydrogen) atoms. The lowest BCUT2D eigenvalue weighted by atomic mass is 10.1. The van der Waals surface area contributed by atoms with Gasteiger partial charge in [-0.05, 0) is 17.5 Å². The van der Waals surface area contributed by atoms with Crippen molar-refractivity contribution in [3.05, 3.63) is 16.6 Å². The monoisotopic (exact) mass is 171 g/mol. The van der Waals surface area contributed by atoms with Crippen LogP contribution in [0.2, 0.25) is 0 Å². The molecule has 0 amide bonds. The topological polar surface area (TPSA) is 50.2 Å². The van der Waals surface area contributed by atoms with E-state index < -0.39 is 5.97 Å². The van der Waals surface area contributed by atoms with Crippen molar-refractivity contribution in [3.63, 3.8) is 0 Å². The standard InChI is InChI=1S/C7H9NO2S/c1-4(2)6-5(7(9)10)3-11-8-6/h3-4H,1-2H3,(H,9,10). The van der Waals surface area contributed by atoms with Crippen LogP contribution in [0.25, 0.3) is 0 Å². The fraction of sp³-hybridized carbons (Fsp3) is 0.429. The normalized spacial score (nSPS) is 10.5. The van der Waals surface area contributed by atoms with Gasteiger partial charge in [-0.1, -0.05) is 13.8 Å². The summed E-state index contributed by atoms with van der Waals surface area (Å²) in [5.41, 5.74) is 1.02. The van der Waals surface area contributed by atoms with Crippen LogP contribution < -0.4 is 0 Å². The highest BCUT2D eigenvalue weighted by Crippen LogP contribution is 2.19. The highest BCUT2D eigenvalue weighted by atomic mass is 32.1. The number of carboxylic acids is 1. The molecule has 0 bridgehead atoms. The van der Waals surface area contributed by atoms with Gasteiger partial charge in [-0.25, -0.2) is 4.79 Å². The first-order valence-corrected chi connectivity index (χ1v) is 4.14. The first-order valence-electron chi connectivity index (χ1n) is 3.30. The molecule has 0 aliphatic carbocycles. The molecule has 1 heterocycles. The van der Waals surface area contributed by atoms with Crippen LogP contribution in [-0.2, 0) is 0 Å². The Balaban J connectivity index is 3.06. The molecule has 1 aromatic heterocycles. The molecule has 1 aromatic rings. The number of rotatable bonds is 2.